The second kappa shape index (κ2) is 12.3. The summed E-state index contributed by atoms with van der Waals surface area (Å²) in [5, 5.41) is 15.6. The van der Waals surface area contributed by atoms with Gasteiger partial charge in [-0.1, -0.05) is 31.2 Å². The number of benzene rings is 3. The molecule has 0 bridgehead atoms. The molecule has 0 aliphatic carbocycles. The van der Waals surface area contributed by atoms with Crippen LogP contribution in [0.3, 0.4) is 0 Å². The molecule has 0 unspecified atom stereocenters. The summed E-state index contributed by atoms with van der Waals surface area (Å²) in [5.74, 6) is -0.829. The molecule has 0 radical (unpaired) electrons. The number of phenols is 1. The Bertz CT molecular complexity index is 1300. The van der Waals surface area contributed by atoms with Crippen molar-refractivity contribution in [2.24, 2.45) is 5.92 Å². The van der Waals surface area contributed by atoms with Crippen LogP contribution in [-0.4, -0.2) is 30.0 Å². The number of rotatable bonds is 9. The van der Waals surface area contributed by atoms with Gasteiger partial charge in [-0.2, -0.15) is 0 Å². The fourth-order valence-corrected chi connectivity index (χ4v) is 3.54. The largest absolute Gasteiger partial charge is 0.504 e. The van der Waals surface area contributed by atoms with Gasteiger partial charge in [-0.25, -0.2) is 4.79 Å². The van der Waals surface area contributed by atoms with Crippen LogP contribution in [0, 0.1) is 5.92 Å². The van der Waals surface area contributed by atoms with E-state index >= 15 is 0 Å². The van der Waals surface area contributed by atoms with Gasteiger partial charge < -0.3 is 25.6 Å². The number of hydrogen-bond donors (Lipinski definition) is 4. The number of carbonyl (C=O) groups excluding carboxylic acids is 3. The van der Waals surface area contributed by atoms with Gasteiger partial charge in [0.2, 0.25) is 5.91 Å². The molecule has 37 heavy (non-hydrogen) atoms. The lowest BCUT2D eigenvalue weighted by molar-refractivity contribution is -0.111. The zero-order chi connectivity index (χ0) is 26.9. The molecule has 0 aliphatic heterocycles. The molecule has 9 nitrogen and oxygen atoms in total. The van der Waals surface area contributed by atoms with Crippen molar-refractivity contribution in [3.63, 3.8) is 0 Å². The van der Waals surface area contributed by atoms with Crippen LogP contribution in [0.2, 0.25) is 0 Å². The Labute approximate surface area is 214 Å². The van der Waals surface area contributed by atoms with Gasteiger partial charge >= 0.3 is 6.09 Å². The summed E-state index contributed by atoms with van der Waals surface area (Å²) in [6.07, 6.45) is 1.31. The lowest BCUT2D eigenvalue weighted by Gasteiger charge is -2.23. The van der Waals surface area contributed by atoms with Crippen LogP contribution < -0.4 is 21.1 Å². The zero-order valence-corrected chi connectivity index (χ0v) is 20.7. The lowest BCUT2D eigenvalue weighted by Crippen LogP contribution is -2.21. The van der Waals surface area contributed by atoms with E-state index in [0.717, 1.165) is 0 Å². The van der Waals surface area contributed by atoms with Gasteiger partial charge in [0.05, 0.1) is 18.5 Å². The highest BCUT2D eigenvalue weighted by Crippen LogP contribution is 2.34. The third kappa shape index (κ3) is 7.35. The van der Waals surface area contributed by atoms with Gasteiger partial charge in [0.1, 0.15) is 6.10 Å². The van der Waals surface area contributed by atoms with Crippen LogP contribution in [-0.2, 0) is 9.53 Å². The molecule has 0 saturated carbocycles. The standard InChI is InChI=1S/C28H29N3O6/c1-17(8-15-26(34)31-23-7-5-4-6-22(23)29)27(20-11-14-25(36-3)24(33)16-20)37-28(35)30-21-12-9-19(10-13-21)18(2)32/h4-17,27,33H,29H2,1-3H3,(H,30,35)(H,31,34)/b15-8+/t17-,27-/m0/s1. The van der Waals surface area contributed by atoms with E-state index in [-0.39, 0.29) is 17.3 Å². The van der Waals surface area contributed by atoms with Gasteiger partial charge in [0, 0.05) is 17.2 Å². The van der Waals surface area contributed by atoms with Gasteiger partial charge in [-0.05, 0) is 67.1 Å². The number of nitrogens with two attached hydrogens (primary N) is 1. The molecule has 0 spiro atoms. The maximum absolute atomic E-state index is 12.7. The van der Waals surface area contributed by atoms with E-state index < -0.39 is 24.0 Å². The SMILES string of the molecule is COc1ccc([C@@H](OC(=O)Nc2ccc(C(C)=O)cc2)[C@@H](C)/C=C/C(=O)Nc2ccccc2N)cc1O. The number of methoxy groups -OCH3 is 1. The van der Waals surface area contributed by atoms with Crippen molar-refractivity contribution in [2.45, 2.75) is 20.0 Å². The quantitative estimate of drug-likeness (QED) is 0.176. The monoisotopic (exact) mass is 503 g/mol. The summed E-state index contributed by atoms with van der Waals surface area (Å²) in [6.45, 7) is 3.22. The van der Waals surface area contributed by atoms with E-state index in [4.69, 9.17) is 15.2 Å². The number of phenolic OH excluding ortho intramolecular Hbond substituents is 1. The first-order valence-corrected chi connectivity index (χ1v) is 11.5. The van der Waals surface area contributed by atoms with E-state index in [1.165, 1.54) is 26.2 Å². The normalized spacial score (nSPS) is 12.4. The molecule has 0 aliphatic rings. The summed E-state index contributed by atoms with van der Waals surface area (Å²) < 4.78 is 10.8. The highest BCUT2D eigenvalue weighted by atomic mass is 16.6. The van der Waals surface area contributed by atoms with Gasteiger partial charge in [0.25, 0.3) is 0 Å². The number of para-hydroxylation sites is 2. The second-order valence-electron chi connectivity index (χ2n) is 8.31. The van der Waals surface area contributed by atoms with E-state index in [0.29, 0.717) is 28.2 Å². The van der Waals surface area contributed by atoms with E-state index in [1.54, 1.807) is 73.7 Å². The average Bonchev–Trinajstić information content (AvgIpc) is 2.87. The number of carbonyl (C=O) groups is 3. The molecule has 192 valence electrons. The summed E-state index contributed by atoms with van der Waals surface area (Å²) in [5.41, 5.74) is 8.23. The highest BCUT2D eigenvalue weighted by molar-refractivity contribution is 6.01. The van der Waals surface area contributed by atoms with Crippen LogP contribution in [0.15, 0.2) is 78.9 Å². The van der Waals surface area contributed by atoms with Crippen LogP contribution >= 0.6 is 0 Å². The number of anilines is 3. The van der Waals surface area contributed by atoms with Gasteiger partial charge in [-0.3, -0.25) is 14.9 Å². The molecule has 0 saturated heterocycles. The van der Waals surface area contributed by atoms with Crippen molar-refractivity contribution >= 4 is 34.8 Å². The van der Waals surface area contributed by atoms with Crippen LogP contribution in [0.25, 0.3) is 0 Å². The Morgan fingerprint density at radius 3 is 2.32 bits per heavy atom. The number of Topliss-reactive ketones (excluding diaryl/α,β-unsaturated/α-hetero) is 1. The molecule has 3 aromatic carbocycles. The van der Waals surface area contributed by atoms with Crippen LogP contribution in [0.1, 0.15) is 35.9 Å². The third-order valence-electron chi connectivity index (χ3n) is 5.55. The molecular formula is C28H29N3O6. The van der Waals surface area contributed by atoms with Gasteiger partial charge in [-0.15, -0.1) is 0 Å². The van der Waals surface area contributed by atoms with E-state index in [2.05, 4.69) is 10.6 Å². The van der Waals surface area contributed by atoms with Crippen LogP contribution in [0.4, 0.5) is 21.9 Å². The van der Waals surface area contributed by atoms with Crippen LogP contribution in [0.5, 0.6) is 11.5 Å². The van der Waals surface area contributed by atoms with E-state index in [1.807, 2.05) is 0 Å². The van der Waals surface area contributed by atoms with Gasteiger partial charge in [0.15, 0.2) is 17.3 Å². The summed E-state index contributed by atoms with van der Waals surface area (Å²) in [6, 6.07) is 17.9. The molecule has 3 aromatic rings. The summed E-state index contributed by atoms with van der Waals surface area (Å²) >= 11 is 0. The number of aromatic hydroxyl groups is 1. The Hall–Kier alpha value is -4.79. The molecule has 3 rings (SSSR count). The maximum Gasteiger partial charge on any atom is 0.412 e. The zero-order valence-electron chi connectivity index (χ0n) is 20.7. The maximum atomic E-state index is 12.7. The molecule has 0 aromatic heterocycles. The minimum Gasteiger partial charge on any atom is -0.504 e. The Balaban J connectivity index is 1.78. The number of ether oxygens (including phenoxy) is 2. The van der Waals surface area contributed by atoms with Crippen molar-refractivity contribution in [3.05, 3.63) is 90.0 Å². The molecule has 0 heterocycles. The Morgan fingerprint density at radius 2 is 1.70 bits per heavy atom. The summed E-state index contributed by atoms with van der Waals surface area (Å²) in [4.78, 5) is 36.7. The molecule has 5 N–H and O–H groups in total. The van der Waals surface area contributed by atoms with E-state index in [9.17, 15) is 19.5 Å². The minimum absolute atomic E-state index is 0.0897. The Kier molecular flexibility index (Phi) is 8.88. The molecule has 0 fully saturated rings. The molecule has 2 atom stereocenters. The predicted molar refractivity (Wildman–Crippen MR) is 142 cm³/mol. The first-order chi connectivity index (χ1) is 17.7. The van der Waals surface area contributed by atoms with Crippen molar-refractivity contribution in [1.82, 2.24) is 0 Å². The first kappa shape index (κ1) is 26.8. The Morgan fingerprint density at radius 1 is 1.00 bits per heavy atom. The second-order valence-corrected chi connectivity index (χ2v) is 8.31. The number of nitrogen functional groups attached to an aromatic ring is 1. The fourth-order valence-electron chi connectivity index (χ4n) is 3.54. The highest BCUT2D eigenvalue weighted by Gasteiger charge is 2.24. The van der Waals surface area contributed by atoms with Crippen molar-refractivity contribution in [2.75, 3.05) is 23.5 Å². The number of ketones is 1. The predicted octanol–water partition coefficient (Wildman–Crippen LogP) is 5.31. The minimum atomic E-state index is -0.862. The molecule has 2 amide bonds. The molecular weight excluding hydrogens is 474 g/mol. The number of hydrogen-bond acceptors (Lipinski definition) is 7. The lowest BCUT2D eigenvalue weighted by atomic mass is 9.96. The smallest absolute Gasteiger partial charge is 0.412 e. The summed E-state index contributed by atoms with van der Waals surface area (Å²) in [7, 11) is 1.43. The van der Waals surface area contributed by atoms with Crippen molar-refractivity contribution in [3.8, 4) is 11.5 Å². The third-order valence-corrected chi connectivity index (χ3v) is 5.55. The first-order valence-electron chi connectivity index (χ1n) is 11.5. The number of amides is 2. The number of nitrogens with one attached hydrogen (secondary N) is 2. The molecule has 9 heteroatoms. The topological polar surface area (TPSA) is 140 Å². The fraction of sp³-hybridized carbons (Fsp3) is 0.179. The van der Waals surface area contributed by atoms with Crippen molar-refractivity contribution < 1.29 is 29.0 Å². The van der Waals surface area contributed by atoms with Crippen molar-refractivity contribution in [1.29, 1.82) is 0 Å². The average molecular weight is 504 g/mol.